The molecule has 22 heavy (non-hydrogen) atoms. The molecule has 7 nitrogen and oxygen atoms in total. The molecule has 1 aromatic carbocycles. The molecule has 0 radical (unpaired) electrons. The number of carbonyl (C=O) groups is 2. The van der Waals surface area contributed by atoms with Crippen molar-refractivity contribution in [2.75, 3.05) is 7.11 Å². The molecule has 0 aliphatic carbocycles. The van der Waals surface area contributed by atoms with Gasteiger partial charge in [0.1, 0.15) is 12.4 Å². The van der Waals surface area contributed by atoms with E-state index in [-0.39, 0.29) is 24.7 Å². The van der Waals surface area contributed by atoms with E-state index in [1.807, 2.05) is 30.3 Å². The number of amides is 1. The number of benzene rings is 1. The highest BCUT2D eigenvalue weighted by atomic mass is 16.5. The van der Waals surface area contributed by atoms with Crippen LogP contribution in [0.25, 0.3) is 0 Å². The van der Waals surface area contributed by atoms with Crippen molar-refractivity contribution in [1.82, 2.24) is 10.3 Å². The van der Waals surface area contributed by atoms with Crippen LogP contribution in [-0.2, 0) is 22.6 Å². The Morgan fingerprint density at radius 1 is 1.27 bits per heavy atom. The van der Waals surface area contributed by atoms with Crippen molar-refractivity contribution in [1.29, 1.82) is 0 Å². The summed E-state index contributed by atoms with van der Waals surface area (Å²) in [6.07, 6.45) is -0.598. The molecule has 0 fully saturated rings. The topological polar surface area (TPSA) is 90.7 Å². The Balaban J connectivity index is 1.82. The maximum atomic E-state index is 11.6. The highest BCUT2D eigenvalue weighted by Gasteiger charge is 2.17. The van der Waals surface area contributed by atoms with E-state index < -0.39 is 12.1 Å². The quantitative estimate of drug-likeness (QED) is 0.852. The Kier molecular flexibility index (Phi) is 5.13. The van der Waals surface area contributed by atoms with E-state index in [4.69, 9.17) is 9.15 Å². The zero-order chi connectivity index (χ0) is 15.9. The molecule has 0 unspecified atom stereocenters. The van der Waals surface area contributed by atoms with Gasteiger partial charge >= 0.3 is 12.1 Å². The van der Waals surface area contributed by atoms with Gasteiger partial charge in [-0.1, -0.05) is 30.3 Å². The minimum atomic E-state index is -0.598. The fourth-order valence-electron chi connectivity index (χ4n) is 1.73. The number of nitrogens with zero attached hydrogens (tertiary/aromatic N) is 1. The second kappa shape index (κ2) is 7.26. The summed E-state index contributed by atoms with van der Waals surface area (Å²) in [5.74, 6) is -0.0463. The van der Waals surface area contributed by atoms with Crippen molar-refractivity contribution in [3.8, 4) is 0 Å². The lowest BCUT2D eigenvalue weighted by molar-refractivity contribution is 0.0592. The van der Waals surface area contributed by atoms with Crippen LogP contribution in [0.2, 0.25) is 0 Å². The Bertz CT molecular complexity index is 651. The van der Waals surface area contributed by atoms with Gasteiger partial charge in [0, 0.05) is 0 Å². The summed E-state index contributed by atoms with van der Waals surface area (Å²) in [4.78, 5) is 26.9. The van der Waals surface area contributed by atoms with Crippen molar-refractivity contribution in [3.63, 3.8) is 0 Å². The summed E-state index contributed by atoms with van der Waals surface area (Å²) in [6, 6.07) is 9.31. The van der Waals surface area contributed by atoms with E-state index >= 15 is 0 Å². The first-order chi connectivity index (χ1) is 10.6. The van der Waals surface area contributed by atoms with Crippen LogP contribution >= 0.6 is 0 Å². The summed E-state index contributed by atoms with van der Waals surface area (Å²) < 4.78 is 14.9. The highest BCUT2D eigenvalue weighted by molar-refractivity contribution is 5.88. The number of methoxy groups -OCH3 is 1. The lowest BCUT2D eigenvalue weighted by Crippen LogP contribution is -2.23. The first-order valence-electron chi connectivity index (χ1n) is 6.59. The van der Waals surface area contributed by atoms with Crippen molar-refractivity contribution >= 4 is 12.1 Å². The zero-order valence-corrected chi connectivity index (χ0v) is 12.3. The molecule has 2 rings (SSSR count). The second-order valence-electron chi connectivity index (χ2n) is 4.42. The first kappa shape index (κ1) is 15.6. The molecule has 1 N–H and O–H groups in total. The average Bonchev–Trinajstić information content (AvgIpc) is 2.92. The maximum Gasteiger partial charge on any atom is 0.407 e. The van der Waals surface area contributed by atoms with Crippen molar-refractivity contribution in [3.05, 3.63) is 53.2 Å². The molecule has 7 heteroatoms. The van der Waals surface area contributed by atoms with E-state index in [0.717, 1.165) is 5.56 Å². The molecule has 116 valence electrons. The zero-order valence-electron chi connectivity index (χ0n) is 12.3. The molecular formula is C15H16N2O5. The van der Waals surface area contributed by atoms with Gasteiger partial charge in [0.25, 0.3) is 0 Å². The van der Waals surface area contributed by atoms with Crippen LogP contribution in [0.4, 0.5) is 4.79 Å². The molecule has 1 aromatic heterocycles. The first-order valence-corrected chi connectivity index (χ1v) is 6.59. The minimum absolute atomic E-state index is 0.0193. The molecule has 0 saturated carbocycles. The maximum absolute atomic E-state index is 11.6. The number of rotatable bonds is 5. The molecule has 1 amide bonds. The van der Waals surface area contributed by atoms with Crippen LogP contribution in [0.15, 0.2) is 34.7 Å². The van der Waals surface area contributed by atoms with E-state index in [1.165, 1.54) is 7.11 Å². The predicted molar refractivity (Wildman–Crippen MR) is 76.0 cm³/mol. The Morgan fingerprint density at radius 2 is 2.00 bits per heavy atom. The smallest absolute Gasteiger partial charge is 0.407 e. The molecular weight excluding hydrogens is 288 g/mol. The van der Waals surface area contributed by atoms with Crippen LogP contribution < -0.4 is 5.32 Å². The van der Waals surface area contributed by atoms with Crippen LogP contribution in [0.5, 0.6) is 0 Å². The average molecular weight is 304 g/mol. The number of ether oxygens (including phenoxy) is 2. The predicted octanol–water partition coefficient (Wildman–Crippen LogP) is 2.20. The minimum Gasteiger partial charge on any atom is -0.464 e. The summed E-state index contributed by atoms with van der Waals surface area (Å²) in [5, 5.41) is 2.50. The normalized spacial score (nSPS) is 10.1. The van der Waals surface area contributed by atoms with Gasteiger partial charge < -0.3 is 19.2 Å². The number of hydrogen-bond donors (Lipinski definition) is 1. The summed E-state index contributed by atoms with van der Waals surface area (Å²) >= 11 is 0. The van der Waals surface area contributed by atoms with Crippen LogP contribution in [0, 0.1) is 6.92 Å². The lowest BCUT2D eigenvalue weighted by atomic mass is 10.2. The van der Waals surface area contributed by atoms with Crippen molar-refractivity contribution in [2.45, 2.75) is 20.1 Å². The molecule has 0 saturated heterocycles. The Morgan fingerprint density at radius 3 is 2.68 bits per heavy atom. The van der Waals surface area contributed by atoms with E-state index in [9.17, 15) is 9.59 Å². The second-order valence-corrected chi connectivity index (χ2v) is 4.42. The molecule has 0 aliphatic heterocycles. The number of aromatic nitrogens is 1. The number of esters is 1. The summed E-state index contributed by atoms with van der Waals surface area (Å²) in [6.45, 7) is 1.78. The monoisotopic (exact) mass is 304 g/mol. The lowest BCUT2D eigenvalue weighted by Gasteiger charge is -2.05. The fraction of sp³-hybridized carbons (Fsp3) is 0.267. The van der Waals surface area contributed by atoms with Gasteiger partial charge in [-0.15, -0.1) is 0 Å². The van der Waals surface area contributed by atoms with E-state index in [2.05, 4.69) is 15.0 Å². The van der Waals surface area contributed by atoms with Gasteiger partial charge in [0.15, 0.2) is 5.69 Å². The molecule has 2 aromatic rings. The van der Waals surface area contributed by atoms with Crippen molar-refractivity contribution < 1.29 is 23.5 Å². The highest BCUT2D eigenvalue weighted by Crippen LogP contribution is 2.11. The number of aryl methyl sites for hydroxylation is 1. The molecule has 0 aliphatic rings. The molecule has 0 bridgehead atoms. The number of oxazole rings is 1. The standard InChI is InChI=1S/C15H16N2O5/c1-10-13(14(18)20-2)17-12(22-10)8-16-15(19)21-9-11-6-4-3-5-7-11/h3-7H,8-9H2,1-2H3,(H,16,19). The number of alkyl carbamates (subject to hydrolysis) is 1. The van der Waals surface area contributed by atoms with Gasteiger partial charge in [-0.3, -0.25) is 0 Å². The van der Waals surface area contributed by atoms with Gasteiger partial charge in [-0.2, -0.15) is 0 Å². The third-order valence-corrected chi connectivity index (χ3v) is 2.82. The van der Waals surface area contributed by atoms with E-state index in [1.54, 1.807) is 6.92 Å². The molecule has 0 spiro atoms. The number of hydrogen-bond acceptors (Lipinski definition) is 6. The fourth-order valence-corrected chi connectivity index (χ4v) is 1.73. The molecule has 1 heterocycles. The molecule has 0 atom stereocenters. The van der Waals surface area contributed by atoms with E-state index in [0.29, 0.717) is 5.76 Å². The van der Waals surface area contributed by atoms with Crippen molar-refractivity contribution in [2.24, 2.45) is 0 Å². The van der Waals surface area contributed by atoms with Gasteiger partial charge in [0.05, 0.1) is 13.7 Å². The van der Waals surface area contributed by atoms with Gasteiger partial charge in [-0.25, -0.2) is 14.6 Å². The third kappa shape index (κ3) is 4.08. The number of nitrogens with one attached hydrogen (secondary N) is 1. The summed E-state index contributed by atoms with van der Waals surface area (Å²) in [7, 11) is 1.26. The Hall–Kier alpha value is -2.83. The van der Waals surface area contributed by atoms with Crippen LogP contribution in [0.1, 0.15) is 27.7 Å². The van der Waals surface area contributed by atoms with Crippen LogP contribution in [-0.4, -0.2) is 24.2 Å². The van der Waals surface area contributed by atoms with Gasteiger partial charge in [-0.05, 0) is 12.5 Å². The van der Waals surface area contributed by atoms with Crippen LogP contribution in [0.3, 0.4) is 0 Å². The summed E-state index contributed by atoms with van der Waals surface area (Å²) in [5.41, 5.74) is 0.981. The third-order valence-electron chi connectivity index (χ3n) is 2.82. The largest absolute Gasteiger partial charge is 0.464 e. The SMILES string of the molecule is COC(=O)c1nc(CNC(=O)OCc2ccccc2)oc1C. The number of carbonyl (C=O) groups excluding carboxylic acids is 2. The van der Waals surface area contributed by atoms with Gasteiger partial charge in [0.2, 0.25) is 5.89 Å². The Labute approximate surface area is 127 Å².